The molecule has 0 bridgehead atoms. The second-order valence-electron chi connectivity index (χ2n) is 5.68. The van der Waals surface area contributed by atoms with Gasteiger partial charge in [-0.05, 0) is 26.0 Å². The van der Waals surface area contributed by atoms with Crippen LogP contribution in [-0.4, -0.2) is 10.8 Å². The Morgan fingerprint density at radius 2 is 1.70 bits per heavy atom. The van der Waals surface area contributed by atoms with Crippen LogP contribution in [0.25, 0.3) is 11.5 Å². The molecule has 0 unspecified atom stereocenters. The third-order valence-electron chi connectivity index (χ3n) is 3.87. The number of hydrogen-bond donors (Lipinski definition) is 0. The Morgan fingerprint density at radius 3 is 2.39 bits per heavy atom. The molecule has 0 radical (unpaired) electrons. The van der Waals surface area contributed by atoms with Crippen molar-refractivity contribution in [3.05, 3.63) is 77.2 Å². The van der Waals surface area contributed by atoms with E-state index in [0.717, 1.165) is 28.1 Å². The third-order valence-corrected chi connectivity index (χ3v) is 3.87. The number of aryl methyl sites for hydroxylation is 3. The standard InChI is InChI=1S/C20H19NO2/c1-14-8-10-16(11-9-14)18(22)12-13-19-15(2)21-20(23-19)17-6-4-3-5-7-17/h3-11H,12-13H2,1-2H3. The fourth-order valence-electron chi connectivity index (χ4n) is 2.48. The van der Waals surface area contributed by atoms with E-state index >= 15 is 0 Å². The lowest BCUT2D eigenvalue weighted by Gasteiger charge is -2.01. The predicted octanol–water partition coefficient (Wildman–Crippen LogP) is 4.77. The van der Waals surface area contributed by atoms with Gasteiger partial charge in [0.2, 0.25) is 5.89 Å². The van der Waals surface area contributed by atoms with Crippen LogP contribution >= 0.6 is 0 Å². The van der Waals surface area contributed by atoms with Crippen molar-refractivity contribution in [3.8, 4) is 11.5 Å². The quantitative estimate of drug-likeness (QED) is 0.637. The predicted molar refractivity (Wildman–Crippen MR) is 90.5 cm³/mol. The smallest absolute Gasteiger partial charge is 0.226 e. The van der Waals surface area contributed by atoms with Crippen molar-refractivity contribution in [3.63, 3.8) is 0 Å². The zero-order valence-electron chi connectivity index (χ0n) is 13.4. The summed E-state index contributed by atoms with van der Waals surface area (Å²) in [6.45, 7) is 3.93. The molecular formula is C20H19NO2. The lowest BCUT2D eigenvalue weighted by atomic mass is 10.0. The second-order valence-corrected chi connectivity index (χ2v) is 5.68. The van der Waals surface area contributed by atoms with Gasteiger partial charge in [0.15, 0.2) is 5.78 Å². The van der Waals surface area contributed by atoms with E-state index in [1.807, 2.05) is 68.4 Å². The van der Waals surface area contributed by atoms with Crippen LogP contribution in [0.3, 0.4) is 0 Å². The van der Waals surface area contributed by atoms with Gasteiger partial charge in [-0.1, -0.05) is 48.0 Å². The molecule has 0 saturated carbocycles. The second kappa shape index (κ2) is 6.61. The zero-order valence-corrected chi connectivity index (χ0v) is 13.4. The van der Waals surface area contributed by atoms with Crippen molar-refractivity contribution >= 4 is 5.78 Å². The van der Waals surface area contributed by atoms with E-state index in [1.54, 1.807) is 0 Å². The fraction of sp³-hybridized carbons (Fsp3) is 0.200. The van der Waals surface area contributed by atoms with Gasteiger partial charge in [-0.25, -0.2) is 4.98 Å². The maximum Gasteiger partial charge on any atom is 0.226 e. The summed E-state index contributed by atoms with van der Waals surface area (Å²) < 4.78 is 5.84. The average Bonchev–Trinajstić information content (AvgIpc) is 2.95. The number of carbonyl (C=O) groups is 1. The molecule has 0 fully saturated rings. The van der Waals surface area contributed by atoms with Gasteiger partial charge < -0.3 is 4.42 Å². The Balaban J connectivity index is 1.70. The zero-order chi connectivity index (χ0) is 16.2. The molecular weight excluding hydrogens is 286 g/mol. The van der Waals surface area contributed by atoms with Crippen LogP contribution in [0, 0.1) is 13.8 Å². The van der Waals surface area contributed by atoms with Crippen LogP contribution in [0.15, 0.2) is 59.0 Å². The Bertz CT molecular complexity index is 801. The monoisotopic (exact) mass is 305 g/mol. The van der Waals surface area contributed by atoms with E-state index in [-0.39, 0.29) is 5.78 Å². The molecule has 0 aliphatic heterocycles. The molecule has 0 atom stereocenters. The summed E-state index contributed by atoms with van der Waals surface area (Å²) in [6.07, 6.45) is 0.992. The van der Waals surface area contributed by atoms with E-state index in [1.165, 1.54) is 0 Å². The number of oxazole rings is 1. The van der Waals surface area contributed by atoms with Crippen LogP contribution in [0.4, 0.5) is 0 Å². The molecule has 1 aromatic heterocycles. The van der Waals surface area contributed by atoms with E-state index in [4.69, 9.17) is 4.42 Å². The molecule has 2 aromatic carbocycles. The Kier molecular flexibility index (Phi) is 4.38. The number of rotatable bonds is 5. The number of nitrogens with zero attached hydrogens (tertiary/aromatic N) is 1. The third kappa shape index (κ3) is 3.57. The van der Waals surface area contributed by atoms with Crippen molar-refractivity contribution in [2.24, 2.45) is 0 Å². The minimum absolute atomic E-state index is 0.127. The van der Waals surface area contributed by atoms with Gasteiger partial charge in [-0.3, -0.25) is 4.79 Å². The lowest BCUT2D eigenvalue weighted by Crippen LogP contribution is -2.01. The summed E-state index contributed by atoms with van der Waals surface area (Å²) in [4.78, 5) is 16.7. The summed E-state index contributed by atoms with van der Waals surface area (Å²) >= 11 is 0. The minimum Gasteiger partial charge on any atom is -0.441 e. The molecule has 0 aliphatic carbocycles. The normalized spacial score (nSPS) is 10.7. The SMILES string of the molecule is Cc1ccc(C(=O)CCc2oc(-c3ccccc3)nc2C)cc1. The molecule has 3 heteroatoms. The lowest BCUT2D eigenvalue weighted by molar-refractivity contribution is 0.0981. The number of hydrogen-bond acceptors (Lipinski definition) is 3. The van der Waals surface area contributed by atoms with Gasteiger partial charge >= 0.3 is 0 Å². The number of carbonyl (C=O) groups excluding carboxylic acids is 1. The summed E-state index contributed by atoms with van der Waals surface area (Å²) in [5.74, 6) is 1.52. The van der Waals surface area contributed by atoms with E-state index < -0.39 is 0 Å². The van der Waals surface area contributed by atoms with Crippen molar-refractivity contribution in [1.29, 1.82) is 0 Å². The highest BCUT2D eigenvalue weighted by Crippen LogP contribution is 2.22. The molecule has 0 saturated heterocycles. The maximum atomic E-state index is 12.3. The van der Waals surface area contributed by atoms with Crippen LogP contribution in [0.2, 0.25) is 0 Å². The highest BCUT2D eigenvalue weighted by Gasteiger charge is 2.13. The van der Waals surface area contributed by atoms with Gasteiger partial charge in [-0.15, -0.1) is 0 Å². The largest absolute Gasteiger partial charge is 0.441 e. The molecule has 1 heterocycles. The van der Waals surface area contributed by atoms with Crippen LogP contribution in [0.1, 0.15) is 33.8 Å². The summed E-state index contributed by atoms with van der Waals surface area (Å²) in [6, 6.07) is 17.5. The van der Waals surface area contributed by atoms with Gasteiger partial charge in [0, 0.05) is 24.0 Å². The van der Waals surface area contributed by atoms with Crippen LogP contribution in [-0.2, 0) is 6.42 Å². The minimum atomic E-state index is 0.127. The number of aromatic nitrogens is 1. The van der Waals surface area contributed by atoms with Crippen molar-refractivity contribution in [2.45, 2.75) is 26.7 Å². The molecule has 23 heavy (non-hydrogen) atoms. The molecule has 0 aliphatic rings. The number of ketones is 1. The summed E-state index contributed by atoms with van der Waals surface area (Å²) in [5, 5.41) is 0. The van der Waals surface area contributed by atoms with Crippen molar-refractivity contribution in [2.75, 3.05) is 0 Å². The first-order chi connectivity index (χ1) is 11.1. The molecule has 3 aromatic rings. The molecule has 0 amide bonds. The Hall–Kier alpha value is -2.68. The number of benzene rings is 2. The maximum absolute atomic E-state index is 12.3. The first kappa shape index (κ1) is 15.2. The first-order valence-electron chi connectivity index (χ1n) is 7.75. The topological polar surface area (TPSA) is 43.1 Å². The van der Waals surface area contributed by atoms with E-state index in [9.17, 15) is 4.79 Å². The molecule has 0 spiro atoms. The van der Waals surface area contributed by atoms with Crippen molar-refractivity contribution in [1.82, 2.24) is 4.98 Å². The van der Waals surface area contributed by atoms with Gasteiger partial charge in [0.05, 0.1) is 5.69 Å². The average molecular weight is 305 g/mol. The number of Topliss-reactive ketones (excluding diaryl/α,β-unsaturated/α-hetero) is 1. The fourth-order valence-corrected chi connectivity index (χ4v) is 2.48. The first-order valence-corrected chi connectivity index (χ1v) is 7.75. The highest BCUT2D eigenvalue weighted by molar-refractivity contribution is 5.96. The molecule has 0 N–H and O–H groups in total. The van der Waals surface area contributed by atoms with Gasteiger partial charge in [0.25, 0.3) is 0 Å². The van der Waals surface area contributed by atoms with Gasteiger partial charge in [-0.2, -0.15) is 0 Å². The molecule has 116 valence electrons. The Labute approximate surface area is 136 Å². The molecule has 3 nitrogen and oxygen atoms in total. The van der Waals surface area contributed by atoms with Crippen LogP contribution in [0.5, 0.6) is 0 Å². The van der Waals surface area contributed by atoms with Crippen LogP contribution < -0.4 is 0 Å². The molecule has 3 rings (SSSR count). The van der Waals surface area contributed by atoms with Gasteiger partial charge in [0.1, 0.15) is 5.76 Å². The summed E-state index contributed by atoms with van der Waals surface area (Å²) in [5.41, 5.74) is 3.70. The van der Waals surface area contributed by atoms with Crippen molar-refractivity contribution < 1.29 is 9.21 Å². The summed E-state index contributed by atoms with van der Waals surface area (Å²) in [7, 11) is 0. The highest BCUT2D eigenvalue weighted by atomic mass is 16.4. The Morgan fingerprint density at radius 1 is 1.00 bits per heavy atom. The van der Waals surface area contributed by atoms with E-state index in [2.05, 4.69) is 4.98 Å². The van der Waals surface area contributed by atoms with E-state index in [0.29, 0.717) is 18.7 Å².